The molecule has 0 saturated carbocycles. The molecule has 0 spiro atoms. The Morgan fingerprint density at radius 1 is 1.56 bits per heavy atom. The molecule has 3 nitrogen and oxygen atoms in total. The molecule has 0 aliphatic carbocycles. The van der Waals surface area contributed by atoms with Gasteiger partial charge in [0, 0.05) is 12.5 Å². The van der Waals surface area contributed by atoms with Crippen molar-refractivity contribution in [3.63, 3.8) is 0 Å². The number of esters is 1. The van der Waals surface area contributed by atoms with Gasteiger partial charge in [0.25, 0.3) is 0 Å². The van der Waals surface area contributed by atoms with Gasteiger partial charge in [0.1, 0.15) is 0 Å². The van der Waals surface area contributed by atoms with Gasteiger partial charge in [-0.25, -0.2) is 0 Å². The third-order valence-corrected chi connectivity index (χ3v) is 3.32. The molecule has 1 aliphatic heterocycles. The summed E-state index contributed by atoms with van der Waals surface area (Å²) < 4.78 is 4.56. The average molecular weight is 246 g/mol. The minimum Gasteiger partial charge on any atom is -0.469 e. The van der Waals surface area contributed by atoms with E-state index in [2.05, 4.69) is 22.2 Å². The highest BCUT2D eigenvalue weighted by Gasteiger charge is 2.22. The normalized spacial score (nSPS) is 25.1. The molecule has 92 valence electrons. The zero-order valence-corrected chi connectivity index (χ0v) is 10.5. The second kappa shape index (κ2) is 7.69. The summed E-state index contributed by atoms with van der Waals surface area (Å²) in [7, 11) is 1.42. The number of nitrogens with one attached hydrogen (secondary N) is 1. The fraction of sp³-hybridized carbons (Fsp3) is 0.750. The Bertz CT molecular complexity index is 243. The number of carbonyl (C=O) groups excluding carboxylic acids is 1. The lowest BCUT2D eigenvalue weighted by Gasteiger charge is -2.10. The Morgan fingerprint density at radius 2 is 2.38 bits per heavy atom. The molecular formula is C12H20ClNO2. The van der Waals surface area contributed by atoms with Crippen LogP contribution in [0.15, 0.2) is 12.2 Å². The highest BCUT2D eigenvalue weighted by atomic mass is 35.5. The molecule has 1 saturated heterocycles. The highest BCUT2D eigenvalue weighted by Crippen LogP contribution is 2.16. The summed E-state index contributed by atoms with van der Waals surface area (Å²) in [6.07, 6.45) is 8.58. The Kier molecular flexibility index (Phi) is 6.50. The number of rotatable bonds is 6. The summed E-state index contributed by atoms with van der Waals surface area (Å²) in [4.78, 5) is 10.8. The molecule has 2 atom stereocenters. The number of allylic oxidation sites excluding steroid dienone is 1. The molecule has 1 fully saturated rings. The Balaban J connectivity index is 2.02. The fourth-order valence-corrected chi connectivity index (χ4v) is 2.09. The number of halogens is 1. The van der Waals surface area contributed by atoms with Gasteiger partial charge in [-0.2, -0.15) is 0 Å². The lowest BCUT2D eigenvalue weighted by atomic mass is 10.1. The maximum absolute atomic E-state index is 10.8. The van der Waals surface area contributed by atoms with Crippen LogP contribution >= 0.6 is 11.6 Å². The number of alkyl halides is 1. The van der Waals surface area contributed by atoms with Crippen LogP contribution in [0.4, 0.5) is 0 Å². The molecule has 0 aromatic heterocycles. The van der Waals surface area contributed by atoms with E-state index in [1.165, 1.54) is 7.11 Å². The van der Waals surface area contributed by atoms with Crippen LogP contribution < -0.4 is 5.32 Å². The van der Waals surface area contributed by atoms with E-state index >= 15 is 0 Å². The lowest BCUT2D eigenvalue weighted by molar-refractivity contribution is -0.140. The van der Waals surface area contributed by atoms with Crippen LogP contribution in [0.1, 0.15) is 32.1 Å². The van der Waals surface area contributed by atoms with Crippen molar-refractivity contribution in [2.24, 2.45) is 0 Å². The number of ether oxygens (including phenoxy) is 1. The fourth-order valence-electron chi connectivity index (χ4n) is 1.79. The minimum atomic E-state index is -0.133. The molecule has 4 heteroatoms. The summed E-state index contributed by atoms with van der Waals surface area (Å²) in [5, 5.41) is 3.63. The first-order valence-electron chi connectivity index (χ1n) is 5.83. The van der Waals surface area contributed by atoms with Crippen LogP contribution in [0, 0.1) is 0 Å². The standard InChI is InChI=1S/C12H20ClNO2/c1-16-12(15)7-5-3-2-4-6-11-10(13)8-9-14-11/h2,4,10-11,14H,3,5-9H2,1H3/t10-,11+/m1/s1. The predicted octanol–water partition coefficient (Wildman–Crippen LogP) is 2.25. The van der Waals surface area contributed by atoms with E-state index < -0.39 is 0 Å². The van der Waals surface area contributed by atoms with E-state index in [0.29, 0.717) is 12.5 Å². The van der Waals surface area contributed by atoms with Gasteiger partial charge in [-0.05, 0) is 32.2 Å². The van der Waals surface area contributed by atoms with E-state index in [9.17, 15) is 4.79 Å². The van der Waals surface area contributed by atoms with Crippen molar-refractivity contribution in [1.29, 1.82) is 0 Å². The largest absolute Gasteiger partial charge is 0.469 e. The van der Waals surface area contributed by atoms with E-state index in [0.717, 1.165) is 32.2 Å². The van der Waals surface area contributed by atoms with Crippen molar-refractivity contribution in [3.8, 4) is 0 Å². The van der Waals surface area contributed by atoms with Crippen LogP contribution in [0.2, 0.25) is 0 Å². The van der Waals surface area contributed by atoms with Crippen molar-refractivity contribution in [2.45, 2.75) is 43.5 Å². The molecule has 16 heavy (non-hydrogen) atoms. The zero-order valence-electron chi connectivity index (χ0n) is 9.75. The summed E-state index contributed by atoms with van der Waals surface area (Å²) in [5.41, 5.74) is 0. The van der Waals surface area contributed by atoms with Crippen molar-refractivity contribution in [1.82, 2.24) is 5.32 Å². The summed E-state index contributed by atoms with van der Waals surface area (Å²) >= 11 is 6.12. The third-order valence-electron chi connectivity index (χ3n) is 2.80. The van der Waals surface area contributed by atoms with Gasteiger partial charge in [-0.1, -0.05) is 12.2 Å². The van der Waals surface area contributed by atoms with Crippen LogP contribution in [0.5, 0.6) is 0 Å². The van der Waals surface area contributed by atoms with Crippen molar-refractivity contribution in [3.05, 3.63) is 12.2 Å². The molecule has 1 rings (SSSR count). The van der Waals surface area contributed by atoms with Crippen molar-refractivity contribution in [2.75, 3.05) is 13.7 Å². The smallest absolute Gasteiger partial charge is 0.305 e. The number of hydrogen-bond donors (Lipinski definition) is 1. The summed E-state index contributed by atoms with van der Waals surface area (Å²) in [6, 6.07) is 0.415. The topological polar surface area (TPSA) is 38.3 Å². The molecule has 0 aromatic carbocycles. The summed E-state index contributed by atoms with van der Waals surface area (Å²) in [5.74, 6) is -0.133. The second-order valence-electron chi connectivity index (χ2n) is 4.04. The first-order chi connectivity index (χ1) is 7.74. The molecule has 0 bridgehead atoms. The van der Waals surface area contributed by atoms with E-state index in [-0.39, 0.29) is 11.3 Å². The Morgan fingerprint density at radius 3 is 3.00 bits per heavy atom. The summed E-state index contributed by atoms with van der Waals surface area (Å²) in [6.45, 7) is 1.02. The molecule has 1 N–H and O–H groups in total. The lowest BCUT2D eigenvalue weighted by Crippen LogP contribution is -2.26. The van der Waals surface area contributed by atoms with E-state index in [4.69, 9.17) is 11.6 Å². The average Bonchev–Trinajstić information content (AvgIpc) is 2.69. The quantitative estimate of drug-likeness (QED) is 0.338. The van der Waals surface area contributed by atoms with E-state index in [1.54, 1.807) is 0 Å². The van der Waals surface area contributed by atoms with Crippen molar-refractivity contribution >= 4 is 17.6 Å². The van der Waals surface area contributed by atoms with Gasteiger partial charge in [0.05, 0.1) is 12.5 Å². The van der Waals surface area contributed by atoms with Gasteiger partial charge in [-0.15, -0.1) is 11.6 Å². The molecule has 1 aliphatic rings. The number of methoxy groups -OCH3 is 1. The van der Waals surface area contributed by atoms with Crippen LogP contribution in [-0.4, -0.2) is 31.0 Å². The van der Waals surface area contributed by atoms with E-state index in [1.807, 2.05) is 0 Å². The Labute approximate surface area is 102 Å². The first kappa shape index (κ1) is 13.5. The number of hydrogen-bond acceptors (Lipinski definition) is 3. The van der Waals surface area contributed by atoms with Crippen LogP contribution in [-0.2, 0) is 9.53 Å². The van der Waals surface area contributed by atoms with Crippen LogP contribution in [0.25, 0.3) is 0 Å². The third kappa shape index (κ3) is 4.99. The Hall–Kier alpha value is -0.540. The molecule has 0 aromatic rings. The van der Waals surface area contributed by atoms with Crippen LogP contribution in [0.3, 0.4) is 0 Å². The molecule has 1 heterocycles. The minimum absolute atomic E-state index is 0.133. The van der Waals surface area contributed by atoms with Gasteiger partial charge in [0.2, 0.25) is 0 Å². The SMILES string of the molecule is COC(=O)CCCC=CC[C@@H]1NCC[C@H]1Cl. The highest BCUT2D eigenvalue weighted by molar-refractivity contribution is 6.21. The van der Waals surface area contributed by atoms with Gasteiger partial charge in [-0.3, -0.25) is 4.79 Å². The first-order valence-corrected chi connectivity index (χ1v) is 6.27. The predicted molar refractivity (Wildman–Crippen MR) is 65.7 cm³/mol. The van der Waals surface area contributed by atoms with Crippen molar-refractivity contribution < 1.29 is 9.53 Å². The number of carbonyl (C=O) groups is 1. The van der Waals surface area contributed by atoms with Gasteiger partial charge < -0.3 is 10.1 Å². The zero-order chi connectivity index (χ0) is 11.8. The second-order valence-corrected chi connectivity index (χ2v) is 4.60. The molecule has 0 unspecified atom stereocenters. The maximum Gasteiger partial charge on any atom is 0.305 e. The monoisotopic (exact) mass is 245 g/mol. The molecule has 0 radical (unpaired) electrons. The van der Waals surface area contributed by atoms with Gasteiger partial charge in [0.15, 0.2) is 0 Å². The molecule has 0 amide bonds. The van der Waals surface area contributed by atoms with Gasteiger partial charge >= 0.3 is 5.97 Å². The number of unbranched alkanes of at least 4 members (excludes halogenated alkanes) is 1. The molecular weight excluding hydrogens is 226 g/mol. The maximum atomic E-state index is 10.8.